The van der Waals surface area contributed by atoms with E-state index in [2.05, 4.69) is 13.8 Å². The molecule has 51 heavy (non-hydrogen) atoms. The van der Waals surface area contributed by atoms with Crippen molar-refractivity contribution in [1.29, 1.82) is 0 Å². The van der Waals surface area contributed by atoms with Crippen LogP contribution in [0.5, 0.6) is 0 Å². The largest absolute Gasteiger partial charge is 0.480 e. The summed E-state index contributed by atoms with van der Waals surface area (Å²) in [5.41, 5.74) is 0. The molecule has 0 radical (unpaired) electrons. The van der Waals surface area contributed by atoms with E-state index in [1.807, 2.05) is 0 Å². The molecule has 2 amide bonds. The highest BCUT2D eigenvalue weighted by Crippen LogP contribution is 2.17. The minimum absolute atomic E-state index is 0.275. The van der Waals surface area contributed by atoms with Crippen LogP contribution in [-0.2, 0) is 14.4 Å². The molecule has 0 saturated heterocycles. The van der Waals surface area contributed by atoms with Gasteiger partial charge in [-0.2, -0.15) is 0 Å². The molecule has 1 N–H and O–H groups in total. The summed E-state index contributed by atoms with van der Waals surface area (Å²) < 4.78 is 0. The fraction of sp³-hybridized carbons (Fsp3) is 0.935. The van der Waals surface area contributed by atoms with Gasteiger partial charge < -0.3 is 5.11 Å². The molecular weight excluding hydrogens is 631 g/mol. The van der Waals surface area contributed by atoms with Gasteiger partial charge in [0.25, 0.3) is 0 Å². The van der Waals surface area contributed by atoms with Crippen molar-refractivity contribution in [3.05, 3.63) is 0 Å². The Hall–Kier alpha value is -1.39. The van der Waals surface area contributed by atoms with E-state index in [0.717, 1.165) is 43.4 Å². The van der Waals surface area contributed by atoms with E-state index in [4.69, 9.17) is 0 Å². The number of imide groups is 1. The Morgan fingerprint density at radius 2 is 0.490 bits per heavy atom. The van der Waals surface area contributed by atoms with E-state index in [-0.39, 0.29) is 24.7 Å². The number of unbranched alkanes of at least 4 members (excludes halogenated alkanes) is 36. The number of carbonyl (C=O) groups is 3. The molecule has 0 bridgehead atoms. The van der Waals surface area contributed by atoms with Crippen molar-refractivity contribution >= 4 is 17.8 Å². The number of carboxylic acids is 1. The number of rotatable bonds is 42. The zero-order valence-corrected chi connectivity index (χ0v) is 34.6. The van der Waals surface area contributed by atoms with E-state index in [0.29, 0.717) is 0 Å². The molecule has 0 heterocycles. The molecule has 302 valence electrons. The van der Waals surface area contributed by atoms with Crippen molar-refractivity contribution < 1.29 is 19.5 Å². The van der Waals surface area contributed by atoms with Gasteiger partial charge in [-0.1, -0.05) is 245 Å². The Kier molecular flexibility index (Phi) is 40.2. The molecule has 0 atom stereocenters. The second-order valence-corrected chi connectivity index (χ2v) is 16.0. The maximum absolute atomic E-state index is 12.7. The third-order valence-corrected chi connectivity index (χ3v) is 10.9. The molecule has 0 spiro atoms. The number of aliphatic carboxylic acids is 1. The number of hydrogen-bond acceptors (Lipinski definition) is 3. The van der Waals surface area contributed by atoms with Gasteiger partial charge in [-0.05, 0) is 12.8 Å². The first-order valence-corrected chi connectivity index (χ1v) is 23.1. The minimum Gasteiger partial charge on any atom is -0.480 e. The van der Waals surface area contributed by atoms with Crippen molar-refractivity contribution in [2.45, 2.75) is 271 Å². The topological polar surface area (TPSA) is 74.7 Å². The van der Waals surface area contributed by atoms with Crippen molar-refractivity contribution in [2.75, 3.05) is 6.54 Å². The normalized spacial score (nSPS) is 11.3. The molecule has 0 aromatic heterocycles. The van der Waals surface area contributed by atoms with Gasteiger partial charge in [0, 0.05) is 12.8 Å². The van der Waals surface area contributed by atoms with Crippen LogP contribution in [0.25, 0.3) is 0 Å². The van der Waals surface area contributed by atoms with Crippen LogP contribution in [0, 0.1) is 0 Å². The summed E-state index contributed by atoms with van der Waals surface area (Å²) in [6, 6.07) is 0. The molecule has 0 unspecified atom stereocenters. The van der Waals surface area contributed by atoms with Crippen LogP contribution in [0.2, 0.25) is 0 Å². The molecule has 0 aliphatic rings. The summed E-state index contributed by atoms with van der Waals surface area (Å²) in [4.78, 5) is 37.9. The van der Waals surface area contributed by atoms with E-state index in [1.165, 1.54) is 205 Å². The summed E-state index contributed by atoms with van der Waals surface area (Å²) in [7, 11) is 0. The zero-order valence-electron chi connectivity index (χ0n) is 34.6. The van der Waals surface area contributed by atoms with Gasteiger partial charge in [0.15, 0.2) is 0 Å². The van der Waals surface area contributed by atoms with E-state index >= 15 is 0 Å². The maximum Gasteiger partial charge on any atom is 0.323 e. The van der Waals surface area contributed by atoms with Crippen LogP contribution >= 0.6 is 0 Å². The molecule has 5 nitrogen and oxygen atoms in total. The summed E-state index contributed by atoms with van der Waals surface area (Å²) >= 11 is 0. The summed E-state index contributed by atoms with van der Waals surface area (Å²) in [5.74, 6) is -1.74. The van der Waals surface area contributed by atoms with E-state index in [9.17, 15) is 19.5 Å². The highest BCUT2D eigenvalue weighted by atomic mass is 16.4. The first kappa shape index (κ1) is 49.6. The molecular formula is C46H89NO4. The molecule has 0 aliphatic carbocycles. The Bertz CT molecular complexity index is 700. The lowest BCUT2D eigenvalue weighted by atomic mass is 10.0. The predicted molar refractivity (Wildman–Crippen MR) is 220 cm³/mol. The van der Waals surface area contributed by atoms with Gasteiger partial charge >= 0.3 is 5.97 Å². The second-order valence-electron chi connectivity index (χ2n) is 16.0. The summed E-state index contributed by atoms with van der Waals surface area (Å²) in [5, 5.41) is 9.30. The smallest absolute Gasteiger partial charge is 0.323 e. The first-order valence-electron chi connectivity index (χ1n) is 23.1. The number of carbonyl (C=O) groups excluding carboxylic acids is 2. The lowest BCUT2D eigenvalue weighted by Crippen LogP contribution is -2.40. The Morgan fingerprint density at radius 3 is 0.667 bits per heavy atom. The third-order valence-electron chi connectivity index (χ3n) is 10.9. The second kappa shape index (κ2) is 41.4. The van der Waals surface area contributed by atoms with E-state index < -0.39 is 12.5 Å². The van der Waals surface area contributed by atoms with Crippen molar-refractivity contribution in [3.8, 4) is 0 Å². The molecule has 0 aromatic carbocycles. The molecule has 0 aromatic rings. The van der Waals surface area contributed by atoms with Crippen LogP contribution in [0.1, 0.15) is 271 Å². The molecule has 0 rings (SSSR count). The fourth-order valence-electron chi connectivity index (χ4n) is 7.43. The number of amides is 2. The van der Waals surface area contributed by atoms with Crippen molar-refractivity contribution in [2.24, 2.45) is 0 Å². The van der Waals surface area contributed by atoms with Crippen LogP contribution in [0.3, 0.4) is 0 Å². The Morgan fingerprint density at radius 1 is 0.314 bits per heavy atom. The monoisotopic (exact) mass is 720 g/mol. The van der Waals surface area contributed by atoms with Crippen LogP contribution in [0.15, 0.2) is 0 Å². The predicted octanol–water partition coefficient (Wildman–Crippen LogP) is 15.1. The van der Waals surface area contributed by atoms with Crippen LogP contribution < -0.4 is 0 Å². The summed E-state index contributed by atoms with van der Waals surface area (Å²) in [6.45, 7) is 4.06. The zero-order chi connectivity index (χ0) is 37.3. The standard InChI is InChI=1S/C46H89NO4/c1-3-5-7-9-11-13-15-17-19-21-23-25-27-29-31-33-35-37-39-41-44(48)47(43-46(50)51)45(49)42-40-38-36-34-32-30-28-26-24-22-20-18-16-14-12-10-8-6-4-2/h3-43H2,1-2H3,(H,50,51). The van der Waals surface area contributed by atoms with Gasteiger partial charge in [0.05, 0.1) is 0 Å². The Labute approximate surface area is 318 Å². The first-order chi connectivity index (χ1) is 25.0. The molecule has 0 saturated carbocycles. The highest BCUT2D eigenvalue weighted by molar-refractivity contribution is 5.97. The maximum atomic E-state index is 12.7. The average molecular weight is 720 g/mol. The van der Waals surface area contributed by atoms with Crippen LogP contribution in [-0.4, -0.2) is 34.3 Å². The van der Waals surface area contributed by atoms with Gasteiger partial charge in [0.1, 0.15) is 6.54 Å². The molecule has 0 fully saturated rings. The van der Waals surface area contributed by atoms with Gasteiger partial charge in [-0.3, -0.25) is 19.3 Å². The third kappa shape index (κ3) is 38.2. The van der Waals surface area contributed by atoms with Gasteiger partial charge in [0.2, 0.25) is 11.8 Å². The van der Waals surface area contributed by atoms with Gasteiger partial charge in [-0.25, -0.2) is 0 Å². The quantitative estimate of drug-likeness (QED) is 0.0637. The number of hydrogen-bond donors (Lipinski definition) is 1. The van der Waals surface area contributed by atoms with Crippen molar-refractivity contribution in [3.63, 3.8) is 0 Å². The fourth-order valence-corrected chi connectivity index (χ4v) is 7.43. The number of nitrogens with zero attached hydrogens (tertiary/aromatic N) is 1. The number of carboxylic acid groups (broad SMARTS) is 1. The van der Waals surface area contributed by atoms with Crippen LogP contribution in [0.4, 0.5) is 0 Å². The molecule has 0 aliphatic heterocycles. The SMILES string of the molecule is CCCCCCCCCCCCCCCCCCCCCC(=O)N(CC(=O)O)C(=O)CCCCCCCCCCCCCCCCCCCCC. The minimum atomic E-state index is -1.11. The Balaban J connectivity index is 3.66. The summed E-state index contributed by atoms with van der Waals surface area (Å²) in [6.07, 6.45) is 50.0. The van der Waals surface area contributed by atoms with Gasteiger partial charge in [-0.15, -0.1) is 0 Å². The lowest BCUT2D eigenvalue weighted by Gasteiger charge is -2.19. The lowest BCUT2D eigenvalue weighted by molar-refractivity contribution is -0.152. The van der Waals surface area contributed by atoms with E-state index in [1.54, 1.807) is 0 Å². The average Bonchev–Trinajstić information content (AvgIpc) is 3.12. The van der Waals surface area contributed by atoms with Crippen molar-refractivity contribution in [1.82, 2.24) is 4.90 Å². The molecule has 5 heteroatoms. The highest BCUT2D eigenvalue weighted by Gasteiger charge is 2.23.